The van der Waals surface area contributed by atoms with E-state index in [0.29, 0.717) is 17.0 Å². The number of hydrogen-bond donors (Lipinski definition) is 4. The molecule has 4 heterocycles. The fourth-order valence-corrected chi connectivity index (χ4v) is 5.33. The smallest absolute Gasteiger partial charge is 0.305 e. The molecule has 0 spiro atoms. The van der Waals surface area contributed by atoms with Crippen LogP contribution in [-0.4, -0.2) is 97.7 Å². The van der Waals surface area contributed by atoms with Gasteiger partial charge < -0.3 is 18.9 Å². The Kier molecular flexibility index (Phi) is 12.5. The molecule has 0 aliphatic rings. The molecule has 274 valence electrons. The number of H-pyrrole nitrogens is 1. The summed E-state index contributed by atoms with van der Waals surface area (Å²) in [5.41, 5.74) is 1.54. The quantitative estimate of drug-likeness (QED) is 0.0569. The standard InChI is InChI=1S/C31H34N10O10S/c1-19(2)21-10-11-25(33-18-21)52(45,46)38-30-27(51-24-8-5-4-7-23(24)47-3)31(49-16-15-48-26(42)9-6-14-50-41(43)44)35-28(34-30)20-12-13-32-22(17-20)29-36-39-40-37-29/h4-5,7-8,10-13,17-19,43-44H,6,9,14-16H2,1-3H3,(H,34,35,38)(H,36,37,39,40). The number of anilines is 1. The van der Waals surface area contributed by atoms with Gasteiger partial charge in [-0.15, -0.1) is 5.10 Å². The van der Waals surface area contributed by atoms with Crippen molar-refractivity contribution in [3.63, 3.8) is 0 Å². The zero-order chi connectivity index (χ0) is 37.1. The van der Waals surface area contributed by atoms with Crippen molar-refractivity contribution in [1.29, 1.82) is 0 Å². The van der Waals surface area contributed by atoms with Gasteiger partial charge in [-0.2, -0.15) is 13.4 Å². The number of hydrogen-bond acceptors (Lipinski definition) is 18. The van der Waals surface area contributed by atoms with Gasteiger partial charge in [-0.25, -0.2) is 15.1 Å². The zero-order valence-corrected chi connectivity index (χ0v) is 28.8. The molecule has 0 saturated carbocycles. The Hall–Kier alpha value is -5.87. The van der Waals surface area contributed by atoms with Crippen LogP contribution in [-0.2, 0) is 24.4 Å². The van der Waals surface area contributed by atoms with Gasteiger partial charge in [0.25, 0.3) is 15.9 Å². The number of pyridine rings is 2. The van der Waals surface area contributed by atoms with E-state index in [0.717, 1.165) is 5.56 Å². The number of nitrogens with zero attached hydrogens (tertiary/aromatic N) is 8. The number of ether oxygens (including phenoxy) is 4. The van der Waals surface area contributed by atoms with Crippen LogP contribution < -0.4 is 18.9 Å². The number of esters is 1. The first-order valence-corrected chi connectivity index (χ1v) is 17.0. The van der Waals surface area contributed by atoms with Crippen LogP contribution in [0.4, 0.5) is 5.82 Å². The SMILES string of the molecule is COc1ccccc1Oc1c(NS(=O)(=O)c2ccc(C(C)C)cn2)nc(-c2ccnc(-c3nnn[nH]3)c2)nc1OCCOC(=O)CCCON(O)O. The van der Waals surface area contributed by atoms with Crippen molar-refractivity contribution in [2.75, 3.05) is 31.7 Å². The van der Waals surface area contributed by atoms with E-state index in [-0.39, 0.29) is 78.5 Å². The fourth-order valence-electron chi connectivity index (χ4n) is 4.40. The summed E-state index contributed by atoms with van der Waals surface area (Å²) in [6, 6.07) is 12.8. The molecule has 4 N–H and O–H groups in total. The number of aromatic amines is 1. The minimum atomic E-state index is -4.37. The summed E-state index contributed by atoms with van der Waals surface area (Å²) in [6.45, 7) is 3.27. The molecule has 0 saturated heterocycles. The minimum absolute atomic E-state index is 0.0156. The summed E-state index contributed by atoms with van der Waals surface area (Å²) >= 11 is 0. The lowest BCUT2D eigenvalue weighted by Gasteiger charge is -2.18. The number of sulfonamides is 1. The summed E-state index contributed by atoms with van der Waals surface area (Å²) in [5, 5.41) is 30.1. The van der Waals surface area contributed by atoms with E-state index in [1.54, 1.807) is 42.5 Å². The molecule has 20 nitrogen and oxygen atoms in total. The van der Waals surface area contributed by atoms with Gasteiger partial charge in [0.15, 0.2) is 34.0 Å². The van der Waals surface area contributed by atoms with E-state index in [1.807, 2.05) is 13.8 Å². The van der Waals surface area contributed by atoms with Crippen molar-refractivity contribution in [3.8, 4) is 46.0 Å². The lowest BCUT2D eigenvalue weighted by molar-refractivity contribution is -0.492. The number of benzene rings is 1. The fraction of sp³-hybridized carbons (Fsp3) is 0.290. The minimum Gasteiger partial charge on any atom is -0.493 e. The van der Waals surface area contributed by atoms with Crippen LogP contribution in [0, 0.1) is 0 Å². The molecule has 0 radical (unpaired) electrons. The van der Waals surface area contributed by atoms with Gasteiger partial charge in [-0.05, 0) is 58.7 Å². The van der Waals surface area contributed by atoms with E-state index >= 15 is 0 Å². The number of tetrazole rings is 1. The molecule has 5 aromatic rings. The Morgan fingerprint density at radius 3 is 2.52 bits per heavy atom. The highest BCUT2D eigenvalue weighted by molar-refractivity contribution is 7.92. The topological polar surface area (TPSA) is 259 Å². The normalized spacial score (nSPS) is 11.4. The summed E-state index contributed by atoms with van der Waals surface area (Å²) in [4.78, 5) is 34.2. The average Bonchev–Trinajstić information content (AvgIpc) is 3.68. The van der Waals surface area contributed by atoms with Crippen LogP contribution in [0.2, 0.25) is 0 Å². The predicted molar refractivity (Wildman–Crippen MR) is 178 cm³/mol. The van der Waals surface area contributed by atoms with E-state index in [4.69, 9.17) is 29.4 Å². The van der Waals surface area contributed by atoms with Crippen LogP contribution >= 0.6 is 0 Å². The lowest BCUT2D eigenvalue weighted by atomic mass is 10.1. The first kappa shape index (κ1) is 37.4. The summed E-state index contributed by atoms with van der Waals surface area (Å²) in [7, 11) is -2.94. The molecule has 52 heavy (non-hydrogen) atoms. The van der Waals surface area contributed by atoms with Gasteiger partial charge in [-0.1, -0.05) is 32.0 Å². The summed E-state index contributed by atoms with van der Waals surface area (Å²) < 4.78 is 52.8. The molecule has 0 atom stereocenters. The molecule has 0 unspecified atom stereocenters. The van der Waals surface area contributed by atoms with Gasteiger partial charge in [0.1, 0.15) is 18.9 Å². The zero-order valence-electron chi connectivity index (χ0n) is 28.0. The van der Waals surface area contributed by atoms with E-state index in [1.165, 1.54) is 25.6 Å². The Bertz CT molecular complexity index is 2050. The molecular weight excluding hydrogens is 704 g/mol. The Balaban J connectivity index is 1.53. The van der Waals surface area contributed by atoms with Crippen LogP contribution in [0.15, 0.2) is 66.0 Å². The lowest BCUT2D eigenvalue weighted by Crippen LogP contribution is -2.18. The van der Waals surface area contributed by atoms with Crippen molar-refractivity contribution in [2.45, 2.75) is 37.6 Å². The summed E-state index contributed by atoms with van der Waals surface area (Å²) in [6.07, 6.45) is 2.99. The molecule has 0 fully saturated rings. The van der Waals surface area contributed by atoms with E-state index < -0.39 is 21.4 Å². The Morgan fingerprint density at radius 2 is 1.83 bits per heavy atom. The number of para-hydroxylation sites is 2. The van der Waals surface area contributed by atoms with Gasteiger partial charge >= 0.3 is 5.97 Å². The average molecular weight is 739 g/mol. The first-order valence-electron chi connectivity index (χ1n) is 15.6. The molecule has 1 aromatic carbocycles. The number of carbonyl (C=O) groups is 1. The molecular formula is C31H34N10O10S. The third-order valence-electron chi connectivity index (χ3n) is 6.97. The maximum Gasteiger partial charge on any atom is 0.305 e. The van der Waals surface area contributed by atoms with Gasteiger partial charge in [0, 0.05) is 24.4 Å². The predicted octanol–water partition coefficient (Wildman–Crippen LogP) is 3.55. The molecule has 21 heteroatoms. The van der Waals surface area contributed by atoms with E-state index in [9.17, 15) is 13.2 Å². The van der Waals surface area contributed by atoms with Crippen LogP contribution in [0.3, 0.4) is 0 Å². The molecule has 4 aromatic heterocycles. The highest BCUT2D eigenvalue weighted by Crippen LogP contribution is 2.41. The van der Waals surface area contributed by atoms with Crippen molar-refractivity contribution >= 4 is 21.8 Å². The number of rotatable bonds is 18. The molecule has 0 bridgehead atoms. The monoisotopic (exact) mass is 738 g/mol. The second kappa shape index (κ2) is 17.4. The second-order valence-electron chi connectivity index (χ2n) is 10.9. The van der Waals surface area contributed by atoms with Crippen molar-refractivity contribution in [3.05, 3.63) is 66.5 Å². The number of nitrogens with one attached hydrogen (secondary N) is 2. The third-order valence-corrected chi connectivity index (χ3v) is 8.23. The van der Waals surface area contributed by atoms with Gasteiger partial charge in [0.2, 0.25) is 5.75 Å². The van der Waals surface area contributed by atoms with Crippen LogP contribution in [0.1, 0.15) is 38.2 Å². The molecule has 0 aliphatic carbocycles. The number of aromatic nitrogens is 8. The summed E-state index contributed by atoms with van der Waals surface area (Å²) in [5.74, 6) is -0.571. The maximum absolute atomic E-state index is 13.8. The Morgan fingerprint density at radius 1 is 1.02 bits per heavy atom. The largest absolute Gasteiger partial charge is 0.493 e. The highest BCUT2D eigenvalue weighted by Gasteiger charge is 2.26. The van der Waals surface area contributed by atoms with Crippen LogP contribution in [0.25, 0.3) is 22.9 Å². The maximum atomic E-state index is 13.8. The van der Waals surface area contributed by atoms with Crippen LogP contribution in [0.5, 0.6) is 23.1 Å². The first-order chi connectivity index (χ1) is 25.0. The van der Waals surface area contributed by atoms with Gasteiger partial charge in [-0.3, -0.25) is 29.8 Å². The number of carbonyl (C=O) groups excluding carboxylic acids is 1. The van der Waals surface area contributed by atoms with E-state index in [2.05, 4.69) is 50.1 Å². The third kappa shape index (κ3) is 9.88. The Labute approximate surface area is 296 Å². The van der Waals surface area contributed by atoms with Gasteiger partial charge in [0.05, 0.1) is 19.1 Å². The molecule has 0 aliphatic heterocycles. The molecule has 5 rings (SSSR count). The van der Waals surface area contributed by atoms with Crippen molar-refractivity contribution in [1.82, 2.24) is 45.9 Å². The van der Waals surface area contributed by atoms with Crippen molar-refractivity contribution in [2.24, 2.45) is 0 Å². The highest BCUT2D eigenvalue weighted by atomic mass is 32.2. The molecule has 0 amide bonds. The number of methoxy groups -OCH3 is 1. The second-order valence-corrected chi connectivity index (χ2v) is 12.5. The van der Waals surface area contributed by atoms with Crippen molar-refractivity contribution < 1.29 is 47.4 Å².